The van der Waals surface area contributed by atoms with Gasteiger partial charge in [0.25, 0.3) is 0 Å². The number of nitrogens with zero attached hydrogens (tertiary/aromatic N) is 1. The van der Waals surface area contributed by atoms with Gasteiger partial charge in [-0.05, 0) is 13.3 Å². The van der Waals surface area contributed by atoms with Crippen LogP contribution in [0.3, 0.4) is 0 Å². The molecule has 2 rings (SSSR count). The third kappa shape index (κ3) is 1.50. The minimum Gasteiger partial charge on any atom is -0.299 e. The first-order valence-corrected chi connectivity index (χ1v) is 6.15. The first kappa shape index (κ1) is 9.15. The van der Waals surface area contributed by atoms with Gasteiger partial charge in [0.15, 0.2) is 9.84 Å². The zero-order valence-corrected chi connectivity index (χ0v) is 8.38. The van der Waals surface area contributed by atoms with Crippen LogP contribution in [0.25, 0.3) is 0 Å². The van der Waals surface area contributed by atoms with Crippen molar-refractivity contribution in [3.05, 3.63) is 0 Å². The number of ketones is 1. The molecule has 0 radical (unpaired) electrons. The summed E-state index contributed by atoms with van der Waals surface area (Å²) in [6, 6.07) is 0.110. The molecule has 2 heterocycles. The Kier molecular flexibility index (Phi) is 1.96. The highest BCUT2D eigenvalue weighted by Gasteiger charge is 2.48. The lowest BCUT2D eigenvalue weighted by Crippen LogP contribution is -2.42. The normalized spacial score (nSPS) is 36.7. The van der Waals surface area contributed by atoms with Crippen molar-refractivity contribution in [3.8, 4) is 0 Å². The fourth-order valence-corrected chi connectivity index (χ4v) is 4.34. The van der Waals surface area contributed by atoms with Crippen molar-refractivity contribution in [2.24, 2.45) is 0 Å². The molecule has 74 valence electrons. The Morgan fingerprint density at radius 2 is 2.23 bits per heavy atom. The average Bonchev–Trinajstić information content (AvgIpc) is 2.41. The van der Waals surface area contributed by atoms with Gasteiger partial charge >= 0.3 is 0 Å². The molecule has 13 heavy (non-hydrogen) atoms. The van der Waals surface area contributed by atoms with E-state index in [0.29, 0.717) is 13.1 Å². The van der Waals surface area contributed by atoms with Crippen molar-refractivity contribution in [1.29, 1.82) is 0 Å². The van der Waals surface area contributed by atoms with Crippen LogP contribution in [0, 0.1) is 0 Å². The molecule has 0 aromatic rings. The highest BCUT2D eigenvalue weighted by Crippen LogP contribution is 2.32. The summed E-state index contributed by atoms with van der Waals surface area (Å²) in [4.78, 5) is 12.8. The highest BCUT2D eigenvalue weighted by atomic mass is 32.2. The highest BCUT2D eigenvalue weighted by molar-refractivity contribution is 7.92. The van der Waals surface area contributed by atoms with Crippen molar-refractivity contribution in [1.82, 2.24) is 4.90 Å². The second-order valence-electron chi connectivity index (χ2n) is 3.97. The Hall–Kier alpha value is -0.420. The number of carbonyl (C=O) groups is 1. The Balaban J connectivity index is 2.07. The van der Waals surface area contributed by atoms with Crippen LogP contribution < -0.4 is 0 Å². The van der Waals surface area contributed by atoms with Crippen LogP contribution in [0.4, 0.5) is 0 Å². The van der Waals surface area contributed by atoms with Gasteiger partial charge in [-0.2, -0.15) is 0 Å². The summed E-state index contributed by atoms with van der Waals surface area (Å²) < 4.78 is 22.7. The topological polar surface area (TPSA) is 54.5 Å². The molecule has 2 fully saturated rings. The zero-order chi connectivity index (χ0) is 9.64. The maximum Gasteiger partial charge on any atom is 0.156 e. The summed E-state index contributed by atoms with van der Waals surface area (Å²) in [5.41, 5.74) is 0. The lowest BCUT2D eigenvalue weighted by atomic mass is 10.2. The molecule has 4 nitrogen and oxygen atoms in total. The van der Waals surface area contributed by atoms with E-state index >= 15 is 0 Å². The van der Waals surface area contributed by atoms with Crippen LogP contribution in [0.1, 0.15) is 13.3 Å². The summed E-state index contributed by atoms with van der Waals surface area (Å²) in [5, 5.41) is -0.197. The second kappa shape index (κ2) is 2.78. The third-order valence-electron chi connectivity index (χ3n) is 2.85. The summed E-state index contributed by atoms with van der Waals surface area (Å²) >= 11 is 0. The maximum atomic E-state index is 11.3. The number of hydrogen-bond acceptors (Lipinski definition) is 4. The first-order chi connectivity index (χ1) is 5.99. The molecule has 0 N–H and O–H groups in total. The predicted octanol–water partition coefficient (Wildman–Crippen LogP) is -0.553. The minimum absolute atomic E-state index is 0.110. The largest absolute Gasteiger partial charge is 0.299 e. The van der Waals surface area contributed by atoms with Crippen molar-refractivity contribution in [2.75, 3.05) is 18.8 Å². The van der Waals surface area contributed by atoms with E-state index in [9.17, 15) is 13.2 Å². The molecule has 0 amide bonds. The van der Waals surface area contributed by atoms with E-state index in [2.05, 4.69) is 0 Å². The van der Waals surface area contributed by atoms with Crippen molar-refractivity contribution in [2.45, 2.75) is 24.6 Å². The molecule has 0 spiro atoms. The van der Waals surface area contributed by atoms with E-state index in [-0.39, 0.29) is 22.8 Å². The van der Waals surface area contributed by atoms with Crippen molar-refractivity contribution in [3.63, 3.8) is 0 Å². The van der Waals surface area contributed by atoms with E-state index in [0.717, 1.165) is 6.42 Å². The zero-order valence-electron chi connectivity index (χ0n) is 7.56. The van der Waals surface area contributed by atoms with Gasteiger partial charge in [0.2, 0.25) is 0 Å². The molecule has 0 saturated carbocycles. The van der Waals surface area contributed by atoms with Crippen molar-refractivity contribution < 1.29 is 13.2 Å². The SMILES string of the molecule is CC(=O)CN1CC2CC1CS2(=O)=O. The number of hydrogen-bond donors (Lipinski definition) is 0. The standard InChI is InChI=1S/C8H13NO3S/c1-6(10)3-9-4-8-2-7(9)5-13(8,11)12/h7-8H,2-5H2,1H3. The van der Waals surface area contributed by atoms with Crippen LogP contribution in [0.15, 0.2) is 0 Å². The Morgan fingerprint density at radius 3 is 2.62 bits per heavy atom. The lowest BCUT2D eigenvalue weighted by molar-refractivity contribution is -0.118. The van der Waals surface area contributed by atoms with Crippen LogP contribution in [-0.2, 0) is 14.6 Å². The van der Waals surface area contributed by atoms with Gasteiger partial charge in [-0.3, -0.25) is 9.69 Å². The van der Waals surface area contributed by atoms with Gasteiger partial charge in [-0.1, -0.05) is 0 Å². The van der Waals surface area contributed by atoms with E-state index in [1.807, 2.05) is 4.90 Å². The molecule has 2 unspecified atom stereocenters. The van der Waals surface area contributed by atoms with Crippen LogP contribution in [-0.4, -0.2) is 49.2 Å². The fourth-order valence-electron chi connectivity index (χ4n) is 2.26. The Bertz CT molecular complexity index is 335. The lowest BCUT2D eigenvalue weighted by Gasteiger charge is -2.25. The maximum absolute atomic E-state index is 11.3. The van der Waals surface area contributed by atoms with Gasteiger partial charge in [-0.25, -0.2) is 8.42 Å². The van der Waals surface area contributed by atoms with E-state index < -0.39 is 9.84 Å². The smallest absolute Gasteiger partial charge is 0.156 e. The van der Waals surface area contributed by atoms with Gasteiger partial charge in [0.1, 0.15) is 5.78 Å². The molecular weight excluding hydrogens is 190 g/mol. The number of sulfone groups is 1. The number of Topliss-reactive ketones (excluding diaryl/α,β-unsaturated/α-hetero) is 1. The van der Waals surface area contributed by atoms with E-state index in [4.69, 9.17) is 0 Å². The molecular formula is C8H13NO3S. The van der Waals surface area contributed by atoms with Crippen molar-refractivity contribution >= 4 is 15.6 Å². The molecule has 0 aliphatic carbocycles. The van der Waals surface area contributed by atoms with Gasteiger partial charge in [0, 0.05) is 12.6 Å². The summed E-state index contributed by atoms with van der Waals surface area (Å²) in [6.07, 6.45) is 0.732. The van der Waals surface area contributed by atoms with Crippen LogP contribution in [0.2, 0.25) is 0 Å². The number of carbonyl (C=O) groups excluding carboxylic acids is 1. The predicted molar refractivity (Wildman–Crippen MR) is 48.2 cm³/mol. The summed E-state index contributed by atoms with van der Waals surface area (Å²) in [6.45, 7) is 2.52. The molecule has 2 saturated heterocycles. The summed E-state index contributed by atoms with van der Waals surface area (Å²) in [7, 11) is -2.81. The first-order valence-electron chi connectivity index (χ1n) is 4.44. The third-order valence-corrected chi connectivity index (χ3v) is 5.05. The molecule has 0 aromatic carbocycles. The quantitative estimate of drug-likeness (QED) is 0.604. The van der Waals surface area contributed by atoms with Gasteiger partial charge in [-0.15, -0.1) is 0 Å². The molecule has 2 bridgehead atoms. The fraction of sp³-hybridized carbons (Fsp3) is 0.875. The van der Waals surface area contributed by atoms with E-state index in [1.165, 1.54) is 0 Å². The van der Waals surface area contributed by atoms with Crippen LogP contribution in [0.5, 0.6) is 0 Å². The molecule has 2 aliphatic rings. The Morgan fingerprint density at radius 1 is 1.54 bits per heavy atom. The minimum atomic E-state index is -2.81. The average molecular weight is 203 g/mol. The summed E-state index contributed by atoms with van der Waals surface area (Å²) in [5.74, 6) is 0.371. The number of rotatable bonds is 2. The second-order valence-corrected chi connectivity index (χ2v) is 6.30. The number of likely N-dealkylation sites (tertiary alicyclic amines) is 1. The molecule has 5 heteroatoms. The number of fused-ring (bicyclic) bond motifs is 2. The van der Waals surface area contributed by atoms with E-state index in [1.54, 1.807) is 6.92 Å². The van der Waals surface area contributed by atoms with Gasteiger partial charge < -0.3 is 0 Å². The molecule has 0 aromatic heterocycles. The van der Waals surface area contributed by atoms with Gasteiger partial charge in [0.05, 0.1) is 17.5 Å². The molecule has 2 aliphatic heterocycles. The monoisotopic (exact) mass is 203 g/mol. The Labute approximate surface area is 77.8 Å². The molecule has 2 atom stereocenters. The van der Waals surface area contributed by atoms with Crippen LogP contribution >= 0.6 is 0 Å².